The lowest BCUT2D eigenvalue weighted by atomic mass is 9.54. The van der Waals surface area contributed by atoms with Crippen LogP contribution in [0.1, 0.15) is 44.7 Å². The molecule has 10 nitrogen and oxygen atoms in total. The molecule has 4 rings (SSSR count). The zero-order chi connectivity index (χ0) is 27.0. The number of benzene rings is 2. The Balaban J connectivity index is 1.66. The molecule has 2 aromatic carbocycles. The highest BCUT2D eigenvalue weighted by atomic mass is 16.6. The molecule has 1 heterocycles. The fraction of sp³-hybridized carbons (Fsp3) is 0.333. The molecule has 10 heteroatoms. The zero-order valence-corrected chi connectivity index (χ0v) is 20.8. The van der Waals surface area contributed by atoms with Crippen molar-refractivity contribution in [2.24, 2.45) is 5.41 Å². The van der Waals surface area contributed by atoms with Gasteiger partial charge in [0.25, 0.3) is 11.4 Å². The van der Waals surface area contributed by atoms with Gasteiger partial charge in [-0.25, -0.2) is 4.79 Å². The van der Waals surface area contributed by atoms with Crippen LogP contribution < -0.4 is 0 Å². The zero-order valence-electron chi connectivity index (χ0n) is 20.8. The SMILES string of the molecule is CC(C)(C)OC(=O)N1CCC2(CC1)/C(=C\c1ccc([N+](=O)[O-])cc1)C(=O)/C2=C/c1ccc([N+](=O)[O-])cc1. The van der Waals surface area contributed by atoms with Gasteiger partial charge in [0.05, 0.1) is 9.85 Å². The van der Waals surface area contributed by atoms with Gasteiger partial charge in [0.1, 0.15) is 5.60 Å². The Hall–Kier alpha value is -4.34. The second kappa shape index (κ2) is 9.61. The molecular weight excluding hydrogens is 478 g/mol. The van der Waals surface area contributed by atoms with E-state index in [0.29, 0.717) is 48.2 Å². The number of nitro benzene ring substituents is 2. The summed E-state index contributed by atoms with van der Waals surface area (Å²) in [6.07, 6.45) is 4.09. The maximum absolute atomic E-state index is 13.3. The monoisotopic (exact) mass is 505 g/mol. The molecule has 1 spiro atoms. The molecule has 0 unspecified atom stereocenters. The maximum Gasteiger partial charge on any atom is 0.410 e. The molecule has 1 aliphatic heterocycles. The van der Waals surface area contributed by atoms with Crippen molar-refractivity contribution in [2.75, 3.05) is 13.1 Å². The summed E-state index contributed by atoms with van der Waals surface area (Å²) in [6, 6.07) is 11.9. The third-order valence-corrected chi connectivity index (χ3v) is 6.62. The highest BCUT2D eigenvalue weighted by Crippen LogP contribution is 2.56. The van der Waals surface area contributed by atoms with Crippen molar-refractivity contribution in [3.05, 3.63) is 91.0 Å². The summed E-state index contributed by atoms with van der Waals surface area (Å²) >= 11 is 0. The highest BCUT2D eigenvalue weighted by molar-refractivity contribution is 6.23. The summed E-state index contributed by atoms with van der Waals surface area (Å²) in [5.74, 6) is -0.151. The molecule has 1 amide bonds. The summed E-state index contributed by atoms with van der Waals surface area (Å²) in [7, 11) is 0. The van der Waals surface area contributed by atoms with E-state index in [1.165, 1.54) is 24.3 Å². The Kier molecular flexibility index (Phi) is 6.68. The van der Waals surface area contributed by atoms with Gasteiger partial charge in [-0.15, -0.1) is 0 Å². The number of carbonyl (C=O) groups is 2. The molecule has 2 aromatic rings. The number of amides is 1. The van der Waals surface area contributed by atoms with Crippen molar-refractivity contribution in [1.29, 1.82) is 0 Å². The molecule has 0 bridgehead atoms. The Labute approximate surface area is 213 Å². The first-order valence-corrected chi connectivity index (χ1v) is 11.9. The molecule has 37 heavy (non-hydrogen) atoms. The van der Waals surface area contributed by atoms with Crippen LogP contribution in [0.15, 0.2) is 59.7 Å². The van der Waals surface area contributed by atoms with Crippen LogP contribution in [0.3, 0.4) is 0 Å². The molecule has 1 aliphatic carbocycles. The average molecular weight is 506 g/mol. The topological polar surface area (TPSA) is 133 Å². The molecule has 0 radical (unpaired) electrons. The van der Waals surface area contributed by atoms with E-state index in [1.54, 1.807) is 62.1 Å². The van der Waals surface area contributed by atoms with Crippen molar-refractivity contribution in [3.63, 3.8) is 0 Å². The number of hydrogen-bond acceptors (Lipinski definition) is 7. The number of allylic oxidation sites excluding steroid dienone is 2. The van der Waals surface area contributed by atoms with Crippen LogP contribution in [0.4, 0.5) is 16.2 Å². The predicted octanol–water partition coefficient (Wildman–Crippen LogP) is 5.57. The lowest BCUT2D eigenvalue weighted by Crippen LogP contribution is -2.53. The molecule has 2 fully saturated rings. The van der Waals surface area contributed by atoms with Crippen molar-refractivity contribution >= 4 is 35.4 Å². The van der Waals surface area contributed by atoms with Crippen molar-refractivity contribution < 1.29 is 24.2 Å². The number of Topliss-reactive ketones (excluding diaryl/α,β-unsaturated/α-hetero) is 1. The van der Waals surface area contributed by atoms with Gasteiger partial charge in [-0.3, -0.25) is 25.0 Å². The summed E-state index contributed by atoms with van der Waals surface area (Å²) < 4.78 is 5.50. The van der Waals surface area contributed by atoms with Crippen LogP contribution in [0.2, 0.25) is 0 Å². The van der Waals surface area contributed by atoms with E-state index in [9.17, 15) is 29.8 Å². The van der Waals surface area contributed by atoms with E-state index in [2.05, 4.69) is 0 Å². The largest absolute Gasteiger partial charge is 0.444 e. The van der Waals surface area contributed by atoms with Crippen LogP contribution in [0.5, 0.6) is 0 Å². The van der Waals surface area contributed by atoms with Crippen molar-refractivity contribution in [2.45, 2.75) is 39.2 Å². The van der Waals surface area contributed by atoms with Crippen molar-refractivity contribution in [1.82, 2.24) is 4.90 Å². The second-order valence-corrected chi connectivity index (χ2v) is 10.2. The minimum absolute atomic E-state index is 0.0405. The second-order valence-electron chi connectivity index (χ2n) is 10.2. The molecule has 0 atom stereocenters. The van der Waals surface area contributed by atoms with E-state index < -0.39 is 27.0 Å². The van der Waals surface area contributed by atoms with Gasteiger partial charge in [0.2, 0.25) is 0 Å². The smallest absolute Gasteiger partial charge is 0.410 e. The average Bonchev–Trinajstić information content (AvgIpc) is 2.85. The first-order chi connectivity index (χ1) is 17.4. The van der Waals surface area contributed by atoms with E-state index in [0.717, 1.165) is 0 Å². The minimum atomic E-state index is -0.624. The third kappa shape index (κ3) is 5.28. The lowest BCUT2D eigenvalue weighted by molar-refractivity contribution is -0.385. The quantitative estimate of drug-likeness (QED) is 0.301. The minimum Gasteiger partial charge on any atom is -0.444 e. The van der Waals surface area contributed by atoms with Gasteiger partial charge in [0.15, 0.2) is 5.78 Å². The molecule has 1 saturated carbocycles. The predicted molar refractivity (Wildman–Crippen MR) is 137 cm³/mol. The molecule has 0 N–H and O–H groups in total. The molecule has 2 aliphatic rings. The number of hydrogen-bond donors (Lipinski definition) is 0. The first-order valence-electron chi connectivity index (χ1n) is 11.9. The molecule has 0 aromatic heterocycles. The number of piperidine rings is 1. The van der Waals surface area contributed by atoms with Gasteiger partial charge in [-0.05, 0) is 81.2 Å². The van der Waals surface area contributed by atoms with Crippen LogP contribution in [0, 0.1) is 25.6 Å². The number of nitro groups is 2. The van der Waals surface area contributed by atoms with Crippen molar-refractivity contribution in [3.8, 4) is 0 Å². The normalized spacial score (nSPS) is 19.1. The summed E-state index contributed by atoms with van der Waals surface area (Å²) in [6.45, 7) is 6.18. The number of ketones is 1. The first kappa shape index (κ1) is 25.7. The Morgan fingerprint density at radius 2 is 1.27 bits per heavy atom. The number of nitrogens with zero attached hydrogens (tertiary/aromatic N) is 3. The third-order valence-electron chi connectivity index (χ3n) is 6.62. The molecular formula is C27H27N3O7. The lowest BCUT2D eigenvalue weighted by Gasteiger charge is -2.50. The van der Waals surface area contributed by atoms with Gasteiger partial charge in [0, 0.05) is 53.9 Å². The van der Waals surface area contributed by atoms with Gasteiger partial charge in [-0.2, -0.15) is 0 Å². The van der Waals surface area contributed by atoms with E-state index in [4.69, 9.17) is 4.74 Å². The summed E-state index contributed by atoms with van der Waals surface area (Å²) in [5, 5.41) is 22.0. The van der Waals surface area contributed by atoms with Gasteiger partial charge in [-0.1, -0.05) is 0 Å². The Morgan fingerprint density at radius 3 is 1.62 bits per heavy atom. The van der Waals surface area contributed by atoms with Gasteiger partial charge >= 0.3 is 6.09 Å². The van der Waals surface area contributed by atoms with E-state index >= 15 is 0 Å². The molecule has 192 valence electrons. The number of non-ortho nitro benzene ring substituents is 2. The maximum atomic E-state index is 13.3. The number of rotatable bonds is 4. The summed E-state index contributed by atoms with van der Waals surface area (Å²) in [4.78, 5) is 48.6. The number of likely N-dealkylation sites (tertiary alicyclic amines) is 1. The number of ether oxygens (including phenoxy) is 1. The molecule has 1 saturated heterocycles. The van der Waals surface area contributed by atoms with Crippen LogP contribution in [-0.4, -0.2) is 45.3 Å². The van der Waals surface area contributed by atoms with E-state index in [-0.39, 0.29) is 17.2 Å². The fourth-order valence-corrected chi connectivity index (χ4v) is 4.72. The Morgan fingerprint density at radius 1 is 0.865 bits per heavy atom. The van der Waals surface area contributed by atoms with Crippen LogP contribution in [-0.2, 0) is 9.53 Å². The fourth-order valence-electron chi connectivity index (χ4n) is 4.72. The van der Waals surface area contributed by atoms with E-state index in [1.807, 2.05) is 0 Å². The summed E-state index contributed by atoms with van der Waals surface area (Å²) in [5.41, 5.74) is 1.17. The Bertz CT molecular complexity index is 1230. The standard InChI is InChI=1S/C27H27N3O7/c1-26(2,3)37-25(32)28-14-12-27(13-15-28)22(16-18-4-8-20(9-5-18)29(33)34)24(31)23(27)17-19-6-10-21(11-7-19)30(35)36/h4-11,16-17H,12-15H2,1-3H3/b22-16-,23-17-. The highest BCUT2D eigenvalue weighted by Gasteiger charge is 2.55. The van der Waals surface area contributed by atoms with Crippen LogP contribution in [0.25, 0.3) is 12.2 Å². The van der Waals surface area contributed by atoms with Gasteiger partial charge < -0.3 is 9.64 Å². The number of carbonyl (C=O) groups excluding carboxylic acids is 2. The van der Waals surface area contributed by atoms with Crippen LogP contribution >= 0.6 is 0 Å².